The summed E-state index contributed by atoms with van der Waals surface area (Å²) in [6, 6.07) is 4.73. The first kappa shape index (κ1) is 28.1. The van der Waals surface area contributed by atoms with Crippen LogP contribution in [0.25, 0.3) is 10.9 Å². The van der Waals surface area contributed by atoms with Crippen molar-refractivity contribution in [2.24, 2.45) is 0 Å². The Labute approximate surface area is 225 Å². The highest BCUT2D eigenvalue weighted by Crippen LogP contribution is 2.33. The van der Waals surface area contributed by atoms with Gasteiger partial charge in [0.2, 0.25) is 5.91 Å². The molecule has 2 aromatic rings. The number of piperidine rings is 1. The molecular weight excluding hydrogens is 502 g/mol. The number of carbonyl (C=O) groups is 3. The molecule has 4 amide bonds. The lowest BCUT2D eigenvalue weighted by atomic mass is 10.0. The van der Waals surface area contributed by atoms with Gasteiger partial charge in [0, 0.05) is 64.6 Å². The van der Waals surface area contributed by atoms with Crippen LogP contribution < -0.4 is 4.90 Å². The third-order valence-electron chi connectivity index (χ3n) is 6.92. The molecule has 10 nitrogen and oxygen atoms in total. The molecule has 0 aliphatic carbocycles. The van der Waals surface area contributed by atoms with Crippen molar-refractivity contribution < 1.29 is 23.9 Å². The second-order valence-electron chi connectivity index (χ2n) is 12.3. The molecule has 2 aliphatic heterocycles. The number of anilines is 1. The lowest BCUT2D eigenvalue weighted by Crippen LogP contribution is -2.53. The molecule has 38 heavy (non-hydrogen) atoms. The van der Waals surface area contributed by atoms with E-state index in [9.17, 15) is 14.4 Å². The monoisotopic (exact) mass is 543 g/mol. The van der Waals surface area contributed by atoms with Gasteiger partial charge in [-0.1, -0.05) is 19.6 Å². The molecule has 2 aromatic heterocycles. The Morgan fingerprint density at radius 1 is 1.11 bits per heavy atom. The maximum atomic E-state index is 13.3. The molecule has 2 fully saturated rings. The predicted molar refractivity (Wildman–Crippen MR) is 149 cm³/mol. The fourth-order valence-corrected chi connectivity index (χ4v) is 5.56. The number of pyridine rings is 1. The Bertz CT molecular complexity index is 1180. The Hall–Kier alpha value is -2.92. The molecule has 11 heteroatoms. The first-order valence-corrected chi connectivity index (χ1v) is 17.2. The van der Waals surface area contributed by atoms with Gasteiger partial charge in [-0.05, 0) is 51.8 Å². The average molecular weight is 544 g/mol. The Kier molecular flexibility index (Phi) is 8.17. The van der Waals surface area contributed by atoms with Crippen LogP contribution in [0.1, 0.15) is 46.1 Å². The van der Waals surface area contributed by atoms with Crippen LogP contribution in [-0.4, -0.2) is 84.0 Å². The van der Waals surface area contributed by atoms with E-state index in [4.69, 9.17) is 9.47 Å². The summed E-state index contributed by atoms with van der Waals surface area (Å²) in [4.78, 5) is 47.4. The molecule has 0 saturated carbocycles. The van der Waals surface area contributed by atoms with Crippen molar-refractivity contribution in [3.63, 3.8) is 0 Å². The molecule has 0 radical (unpaired) electrons. The minimum absolute atomic E-state index is 0.0359. The number of imide groups is 1. The largest absolute Gasteiger partial charge is 0.444 e. The average Bonchev–Trinajstić information content (AvgIpc) is 3.26. The van der Waals surface area contributed by atoms with E-state index >= 15 is 0 Å². The zero-order valence-electron chi connectivity index (χ0n) is 23.5. The van der Waals surface area contributed by atoms with Gasteiger partial charge in [-0.2, -0.15) is 0 Å². The minimum atomic E-state index is -1.27. The third kappa shape index (κ3) is 6.55. The molecule has 0 atom stereocenters. The Morgan fingerprint density at radius 2 is 1.82 bits per heavy atom. The van der Waals surface area contributed by atoms with E-state index in [0.29, 0.717) is 25.5 Å². The zero-order valence-corrected chi connectivity index (χ0v) is 24.5. The number of likely N-dealkylation sites (tertiary alicyclic amines) is 1. The summed E-state index contributed by atoms with van der Waals surface area (Å²) < 4.78 is 13.5. The van der Waals surface area contributed by atoms with Crippen LogP contribution in [0.4, 0.5) is 15.4 Å². The minimum Gasteiger partial charge on any atom is -0.444 e. The van der Waals surface area contributed by atoms with Gasteiger partial charge >= 0.3 is 12.1 Å². The maximum Gasteiger partial charge on any atom is 0.410 e. The van der Waals surface area contributed by atoms with E-state index in [1.807, 2.05) is 39.1 Å². The predicted octanol–water partition coefficient (Wildman–Crippen LogP) is 5.08. The van der Waals surface area contributed by atoms with Gasteiger partial charge in [-0.3, -0.25) is 9.69 Å². The fourth-order valence-electron chi connectivity index (χ4n) is 4.81. The van der Waals surface area contributed by atoms with Gasteiger partial charge in [0.05, 0.1) is 5.52 Å². The summed E-state index contributed by atoms with van der Waals surface area (Å²) in [6.45, 7) is 14.4. The number of nitrogens with zero attached hydrogens (tertiary/aromatic N) is 5. The molecule has 0 aromatic carbocycles. The molecule has 0 unspecified atom stereocenters. The van der Waals surface area contributed by atoms with Crippen LogP contribution in [-0.2, 0) is 14.3 Å². The van der Waals surface area contributed by atoms with E-state index in [2.05, 4.69) is 29.2 Å². The Morgan fingerprint density at radius 3 is 2.47 bits per heavy atom. The van der Waals surface area contributed by atoms with E-state index in [1.54, 1.807) is 16.0 Å². The number of carbonyl (C=O) groups excluding carboxylic acids is 3. The molecule has 208 valence electrons. The van der Waals surface area contributed by atoms with Crippen LogP contribution in [0.15, 0.2) is 24.5 Å². The number of fused-ring (bicyclic) bond motifs is 1. The summed E-state index contributed by atoms with van der Waals surface area (Å²) >= 11 is 0. The molecule has 0 N–H and O–H groups in total. The second-order valence-corrected chi connectivity index (χ2v) is 18.0. The topological polar surface area (TPSA) is 97.2 Å². The molecule has 0 bridgehead atoms. The highest BCUT2D eigenvalue weighted by molar-refractivity contribution is 6.76. The molecule has 0 spiro atoms. The van der Waals surface area contributed by atoms with Gasteiger partial charge < -0.3 is 18.9 Å². The van der Waals surface area contributed by atoms with Crippen molar-refractivity contribution in [2.75, 3.05) is 37.9 Å². The van der Waals surface area contributed by atoms with E-state index in [0.717, 1.165) is 29.8 Å². The number of ether oxygens (including phenoxy) is 2. The zero-order chi connectivity index (χ0) is 27.7. The number of rotatable bonds is 7. The summed E-state index contributed by atoms with van der Waals surface area (Å²) in [7, 11) is -1.27. The number of urea groups is 1. The van der Waals surface area contributed by atoms with Crippen LogP contribution >= 0.6 is 0 Å². The molecular formula is C27H41N5O5Si. The number of hydrogen-bond donors (Lipinski definition) is 0. The standard InChI is InChI=1S/C27H41N5O5Si/c1-27(2,3)37-26(35)29-13-8-20(9-14-29)30-15-10-21-22(30)7-12-28-24(21)31-16-11-23(33)32(25(31)34)19-36-17-18-38(4,5)6/h7,10,12,15,20H,8-9,11,13-14,16-19H2,1-6H3. The van der Waals surface area contributed by atoms with Crippen molar-refractivity contribution in [1.82, 2.24) is 19.4 Å². The highest BCUT2D eigenvalue weighted by Gasteiger charge is 2.35. The Balaban J connectivity index is 1.45. The van der Waals surface area contributed by atoms with Gasteiger partial charge in [0.15, 0.2) is 0 Å². The van der Waals surface area contributed by atoms with Crippen LogP contribution in [0.3, 0.4) is 0 Å². The van der Waals surface area contributed by atoms with E-state index in [-0.39, 0.29) is 37.7 Å². The van der Waals surface area contributed by atoms with Crippen molar-refractivity contribution in [3.05, 3.63) is 24.5 Å². The second kappa shape index (κ2) is 11.1. The van der Waals surface area contributed by atoms with Gasteiger partial charge in [0.25, 0.3) is 0 Å². The van der Waals surface area contributed by atoms with Crippen LogP contribution in [0, 0.1) is 0 Å². The number of hydrogen-bond acceptors (Lipinski definition) is 6. The first-order valence-electron chi connectivity index (χ1n) is 13.5. The van der Waals surface area contributed by atoms with Crippen LogP contribution in [0.2, 0.25) is 25.7 Å². The van der Waals surface area contributed by atoms with Crippen molar-refractivity contribution in [2.45, 2.75) is 77.4 Å². The lowest BCUT2D eigenvalue weighted by molar-refractivity contribution is -0.133. The summed E-state index contributed by atoms with van der Waals surface area (Å²) in [6.07, 6.45) is 5.31. The van der Waals surface area contributed by atoms with Gasteiger partial charge in [-0.25, -0.2) is 19.5 Å². The third-order valence-corrected chi connectivity index (χ3v) is 8.62. The molecule has 4 rings (SSSR count). The van der Waals surface area contributed by atoms with E-state index < -0.39 is 19.7 Å². The maximum absolute atomic E-state index is 13.3. The summed E-state index contributed by atoms with van der Waals surface area (Å²) in [5.41, 5.74) is 0.466. The summed E-state index contributed by atoms with van der Waals surface area (Å²) in [5, 5.41) is 0.865. The van der Waals surface area contributed by atoms with Crippen molar-refractivity contribution >= 4 is 42.8 Å². The van der Waals surface area contributed by atoms with Gasteiger partial charge in [0.1, 0.15) is 18.1 Å². The fraction of sp³-hybridized carbons (Fsp3) is 0.630. The smallest absolute Gasteiger partial charge is 0.410 e. The number of amides is 4. The highest BCUT2D eigenvalue weighted by atomic mass is 28.3. The van der Waals surface area contributed by atoms with E-state index in [1.165, 1.54) is 4.90 Å². The number of aromatic nitrogens is 2. The van der Waals surface area contributed by atoms with Crippen molar-refractivity contribution in [1.29, 1.82) is 0 Å². The SMILES string of the molecule is CC(C)(C)OC(=O)N1CCC(n2ccc3c(N4CCC(=O)N(COCC[Si](C)(C)C)C4=O)nccc32)CC1. The van der Waals surface area contributed by atoms with Gasteiger partial charge in [-0.15, -0.1) is 0 Å². The van der Waals surface area contributed by atoms with Crippen LogP contribution in [0.5, 0.6) is 0 Å². The summed E-state index contributed by atoms with van der Waals surface area (Å²) in [5.74, 6) is 0.331. The first-order chi connectivity index (χ1) is 17.8. The lowest BCUT2D eigenvalue weighted by Gasteiger charge is -2.34. The molecule has 4 heterocycles. The molecule has 2 aliphatic rings. The molecule has 2 saturated heterocycles. The van der Waals surface area contributed by atoms with Crippen molar-refractivity contribution in [3.8, 4) is 0 Å². The normalized spacial score (nSPS) is 18.0. The quantitative estimate of drug-likeness (QED) is 0.357.